The first-order valence-corrected chi connectivity index (χ1v) is 6.70. The first-order valence-electron chi connectivity index (χ1n) is 5.82. The van der Waals surface area contributed by atoms with Crippen LogP contribution in [0.4, 0.5) is 0 Å². The lowest BCUT2D eigenvalue weighted by Gasteiger charge is -2.20. The summed E-state index contributed by atoms with van der Waals surface area (Å²) >= 11 is 1.18. The van der Waals surface area contributed by atoms with Gasteiger partial charge in [0.2, 0.25) is 0 Å². The maximum atomic E-state index is 11.9. The van der Waals surface area contributed by atoms with E-state index in [0.717, 1.165) is 0 Å². The van der Waals surface area contributed by atoms with Crippen LogP contribution in [0.1, 0.15) is 15.9 Å². The lowest BCUT2D eigenvalue weighted by Crippen LogP contribution is -2.35. The molecule has 2 N–H and O–H groups in total. The highest BCUT2D eigenvalue weighted by Crippen LogP contribution is 2.24. The van der Waals surface area contributed by atoms with E-state index in [0.29, 0.717) is 10.7 Å². The van der Waals surface area contributed by atoms with Crippen LogP contribution in [0.15, 0.2) is 39.9 Å². The predicted octanol–water partition coefficient (Wildman–Crippen LogP) is 1.63. The van der Waals surface area contributed by atoms with Crippen molar-refractivity contribution in [1.29, 1.82) is 5.41 Å². The van der Waals surface area contributed by atoms with E-state index in [9.17, 15) is 9.59 Å². The van der Waals surface area contributed by atoms with Crippen LogP contribution >= 0.6 is 11.8 Å². The van der Waals surface area contributed by atoms with Crippen molar-refractivity contribution in [2.24, 2.45) is 10.1 Å². The van der Waals surface area contributed by atoms with Crippen LogP contribution in [-0.2, 0) is 4.79 Å². The molecule has 21 heavy (non-hydrogen) atoms. The SMILES string of the molecule is N=C1/C(=C\c2ccc(C(=O)O)cc2)C(=O)N=C2SC=NN12. The Morgan fingerprint density at radius 3 is 2.71 bits per heavy atom. The maximum Gasteiger partial charge on any atom is 0.335 e. The number of fused-ring (bicyclic) bond motifs is 1. The second-order valence-electron chi connectivity index (χ2n) is 4.18. The number of hydrogen-bond acceptors (Lipinski definition) is 5. The minimum absolute atomic E-state index is 0.0476. The molecule has 1 amide bonds. The minimum atomic E-state index is -1.02. The molecule has 0 radical (unpaired) electrons. The zero-order valence-electron chi connectivity index (χ0n) is 10.5. The van der Waals surface area contributed by atoms with Crippen molar-refractivity contribution in [2.75, 3.05) is 0 Å². The van der Waals surface area contributed by atoms with Crippen LogP contribution in [0, 0.1) is 5.41 Å². The fraction of sp³-hybridized carbons (Fsp3) is 0. The number of carbonyl (C=O) groups excluding carboxylic acids is 1. The Hall–Kier alpha value is -2.74. The minimum Gasteiger partial charge on any atom is -0.478 e. The number of hydrogen-bond donors (Lipinski definition) is 2. The molecule has 0 atom stereocenters. The number of nitrogens with one attached hydrogen (secondary N) is 1. The largest absolute Gasteiger partial charge is 0.478 e. The van der Waals surface area contributed by atoms with Crippen LogP contribution in [0.5, 0.6) is 0 Å². The molecule has 0 unspecified atom stereocenters. The summed E-state index contributed by atoms with van der Waals surface area (Å²) < 4.78 is 0. The topological polar surface area (TPSA) is 106 Å². The van der Waals surface area contributed by atoms with Gasteiger partial charge in [0.15, 0.2) is 11.0 Å². The molecule has 0 fully saturated rings. The quantitative estimate of drug-likeness (QED) is 0.807. The predicted molar refractivity (Wildman–Crippen MR) is 79.5 cm³/mol. The Kier molecular flexibility index (Phi) is 3.15. The molecule has 0 saturated heterocycles. The monoisotopic (exact) mass is 300 g/mol. The van der Waals surface area contributed by atoms with E-state index in [4.69, 9.17) is 10.5 Å². The number of rotatable bonds is 2. The molecule has 0 bridgehead atoms. The Labute approximate surface area is 123 Å². The second-order valence-corrected chi connectivity index (χ2v) is 5.00. The van der Waals surface area contributed by atoms with Crippen LogP contribution in [0.3, 0.4) is 0 Å². The molecular formula is C13H8N4O3S. The number of carboxylic acid groups (broad SMARTS) is 1. The number of hydrazone groups is 1. The van der Waals surface area contributed by atoms with Crippen molar-refractivity contribution < 1.29 is 14.7 Å². The average molecular weight is 300 g/mol. The van der Waals surface area contributed by atoms with Gasteiger partial charge in [0.05, 0.1) is 16.7 Å². The Balaban J connectivity index is 1.95. The highest BCUT2D eigenvalue weighted by Gasteiger charge is 2.32. The summed E-state index contributed by atoms with van der Waals surface area (Å²) in [5.41, 5.74) is 2.39. The van der Waals surface area contributed by atoms with Gasteiger partial charge >= 0.3 is 5.97 Å². The summed E-state index contributed by atoms with van der Waals surface area (Å²) in [4.78, 5) is 26.6. The number of amidine groups is 2. The fourth-order valence-electron chi connectivity index (χ4n) is 1.83. The summed E-state index contributed by atoms with van der Waals surface area (Å²) in [5.74, 6) is -1.58. The second kappa shape index (κ2) is 4.98. The fourth-order valence-corrected chi connectivity index (χ4v) is 2.44. The van der Waals surface area contributed by atoms with Gasteiger partial charge < -0.3 is 5.11 Å². The molecule has 1 aromatic carbocycles. The molecule has 1 aromatic rings. The van der Waals surface area contributed by atoms with Gasteiger partial charge in [-0.15, -0.1) is 0 Å². The van der Waals surface area contributed by atoms with Crippen LogP contribution in [-0.4, -0.2) is 38.5 Å². The number of carboxylic acids is 1. The Morgan fingerprint density at radius 2 is 2.05 bits per heavy atom. The highest BCUT2D eigenvalue weighted by molar-refractivity contribution is 8.25. The van der Waals surface area contributed by atoms with E-state index in [2.05, 4.69) is 10.1 Å². The molecule has 3 rings (SSSR count). The number of amides is 1. The van der Waals surface area contributed by atoms with Crippen molar-refractivity contribution in [1.82, 2.24) is 5.01 Å². The Morgan fingerprint density at radius 1 is 1.33 bits per heavy atom. The average Bonchev–Trinajstić information content (AvgIpc) is 2.92. The molecule has 104 valence electrons. The number of benzene rings is 1. The first-order chi connectivity index (χ1) is 10.1. The van der Waals surface area contributed by atoms with E-state index < -0.39 is 11.9 Å². The summed E-state index contributed by atoms with van der Waals surface area (Å²) in [6.45, 7) is 0. The zero-order valence-corrected chi connectivity index (χ0v) is 11.3. The van der Waals surface area contributed by atoms with E-state index in [-0.39, 0.29) is 17.0 Å². The molecule has 2 aliphatic heterocycles. The summed E-state index contributed by atoms with van der Waals surface area (Å²) in [7, 11) is 0. The molecule has 8 heteroatoms. The van der Waals surface area contributed by atoms with Gasteiger partial charge in [0.25, 0.3) is 5.91 Å². The molecule has 0 aliphatic carbocycles. The lowest BCUT2D eigenvalue weighted by molar-refractivity contribution is -0.114. The molecule has 2 heterocycles. The third-order valence-electron chi connectivity index (χ3n) is 2.87. The molecule has 0 saturated carbocycles. The number of nitrogens with zero attached hydrogens (tertiary/aromatic N) is 3. The van der Waals surface area contributed by atoms with Crippen molar-refractivity contribution in [2.45, 2.75) is 0 Å². The number of thioether (sulfide) groups is 1. The maximum absolute atomic E-state index is 11.9. The summed E-state index contributed by atoms with van der Waals surface area (Å²) in [5, 5.41) is 22.4. The van der Waals surface area contributed by atoms with Gasteiger partial charge in [-0.3, -0.25) is 10.2 Å². The lowest BCUT2D eigenvalue weighted by atomic mass is 10.1. The number of aromatic carboxylic acids is 1. The summed E-state index contributed by atoms with van der Waals surface area (Å²) in [6, 6.07) is 6.00. The van der Waals surface area contributed by atoms with E-state index >= 15 is 0 Å². The number of aliphatic imine (C=N–C) groups is 1. The molecule has 0 aromatic heterocycles. The van der Waals surface area contributed by atoms with Gasteiger partial charge in [-0.05, 0) is 35.5 Å². The van der Waals surface area contributed by atoms with E-state index in [1.165, 1.54) is 40.5 Å². The molecule has 7 nitrogen and oxygen atoms in total. The van der Waals surface area contributed by atoms with Crippen LogP contribution in [0.2, 0.25) is 0 Å². The van der Waals surface area contributed by atoms with Crippen molar-refractivity contribution in [3.8, 4) is 0 Å². The van der Waals surface area contributed by atoms with Gasteiger partial charge in [0.1, 0.15) is 0 Å². The van der Waals surface area contributed by atoms with Crippen molar-refractivity contribution in [3.63, 3.8) is 0 Å². The highest BCUT2D eigenvalue weighted by atomic mass is 32.2. The molecular weight excluding hydrogens is 292 g/mol. The van der Waals surface area contributed by atoms with Gasteiger partial charge in [-0.25, -0.2) is 4.79 Å². The van der Waals surface area contributed by atoms with Crippen LogP contribution in [0.25, 0.3) is 6.08 Å². The van der Waals surface area contributed by atoms with Gasteiger partial charge in [-0.1, -0.05) is 12.1 Å². The van der Waals surface area contributed by atoms with E-state index in [1.54, 1.807) is 12.1 Å². The summed E-state index contributed by atoms with van der Waals surface area (Å²) in [6.07, 6.45) is 1.50. The zero-order chi connectivity index (χ0) is 15.0. The van der Waals surface area contributed by atoms with Gasteiger partial charge in [0, 0.05) is 0 Å². The van der Waals surface area contributed by atoms with Crippen LogP contribution < -0.4 is 0 Å². The molecule has 0 spiro atoms. The van der Waals surface area contributed by atoms with Gasteiger partial charge in [-0.2, -0.15) is 15.1 Å². The Bertz CT molecular complexity index is 749. The van der Waals surface area contributed by atoms with E-state index in [1.807, 2.05) is 0 Å². The third-order valence-corrected chi connectivity index (χ3v) is 3.54. The standard InChI is InChI=1S/C13H8N4O3S/c14-10-9(11(18)16-13-17(10)15-6-21-13)5-7-1-3-8(4-2-7)12(19)20/h1-6,14H,(H,19,20)/b9-5+,14-10?. The molecule has 2 aliphatic rings. The normalized spacial score (nSPS) is 19.0. The van der Waals surface area contributed by atoms with Crippen molar-refractivity contribution in [3.05, 3.63) is 41.0 Å². The third kappa shape index (κ3) is 2.36. The smallest absolute Gasteiger partial charge is 0.335 e. The van der Waals surface area contributed by atoms with Crippen molar-refractivity contribution >= 4 is 46.3 Å². The first kappa shape index (κ1) is 13.3. The number of carbonyl (C=O) groups is 2.